The molecule has 23 heavy (non-hydrogen) atoms. The molecule has 0 radical (unpaired) electrons. The predicted octanol–water partition coefficient (Wildman–Crippen LogP) is -0.604. The summed E-state index contributed by atoms with van der Waals surface area (Å²) < 4.78 is 135. The van der Waals surface area contributed by atoms with Crippen LogP contribution < -0.4 is 0 Å². The molecule has 0 fully saturated rings. The van der Waals surface area contributed by atoms with E-state index in [0.717, 1.165) is 0 Å². The highest BCUT2D eigenvalue weighted by atomic mass is 32.3. The summed E-state index contributed by atoms with van der Waals surface area (Å²) in [5.74, 6) is 0. The van der Waals surface area contributed by atoms with Crippen LogP contribution >= 0.6 is 0 Å². The molecule has 0 atom stereocenters. The Morgan fingerprint density at radius 2 is 0.652 bits per heavy atom. The molecule has 0 rings (SSSR count). The number of sulfone groups is 4. The fourth-order valence-corrected chi connectivity index (χ4v) is 8.65. The Kier molecular flexibility index (Phi) is 7.45. The summed E-state index contributed by atoms with van der Waals surface area (Å²) in [5.41, 5.74) is 0. The number of hydrogen-bond donors (Lipinski definition) is 0. The van der Waals surface area contributed by atoms with E-state index in [1.165, 1.54) is 0 Å². The van der Waals surface area contributed by atoms with Gasteiger partial charge < -0.3 is 0 Å². The molecule has 0 aromatic rings. The van der Waals surface area contributed by atoms with Crippen molar-refractivity contribution in [2.45, 2.75) is 15.6 Å². The zero-order valence-electron chi connectivity index (χ0n) is 11.1. The maximum absolute atomic E-state index is 12.5. The lowest BCUT2D eigenvalue weighted by Crippen LogP contribution is -2.42. The summed E-state index contributed by atoms with van der Waals surface area (Å²) in [4.78, 5) is 0. The number of hydrogen-bond acceptors (Lipinski definition) is 8. The van der Waals surface area contributed by atoms with Crippen molar-refractivity contribution in [2.24, 2.45) is 0 Å². The molecule has 0 aliphatic carbocycles. The third-order valence-electron chi connectivity index (χ3n) is 2.60. The van der Waals surface area contributed by atoms with E-state index in [-0.39, 0.29) is 0 Å². The Balaban J connectivity index is 6.34. The summed E-state index contributed by atoms with van der Waals surface area (Å²) in [6.07, 6.45) is -1.95. The molecule has 0 aliphatic heterocycles. The van der Waals surface area contributed by atoms with Gasteiger partial charge in [-0.1, -0.05) is 0 Å². The van der Waals surface area contributed by atoms with Gasteiger partial charge in [-0.05, 0) is 0 Å². The lowest BCUT2D eigenvalue weighted by atomic mass is 10.5. The van der Waals surface area contributed by atoms with Gasteiger partial charge in [-0.25, -0.2) is 51.2 Å². The van der Waals surface area contributed by atoms with E-state index in [4.69, 9.17) is 0 Å². The molecule has 0 spiro atoms. The lowest BCUT2D eigenvalue weighted by Gasteiger charge is -2.20. The van der Waals surface area contributed by atoms with Crippen LogP contribution in [-0.4, -0.2) is 66.9 Å². The fraction of sp³-hybridized carbons (Fsp3) is 1.00. The SMILES string of the molecule is O=S(=O)(CF)C(CC(S(=O)(=O)CF)S(=O)(=O)CF)S(=O)(=O)CF. The van der Waals surface area contributed by atoms with Crippen molar-refractivity contribution in [1.82, 2.24) is 0 Å². The number of alkyl halides is 4. The second-order valence-corrected chi connectivity index (χ2v) is 13.2. The minimum absolute atomic E-state index is 1.95. The number of rotatable bonds is 10. The molecule has 0 amide bonds. The number of halogens is 4. The average Bonchev–Trinajstić information content (AvgIpc) is 2.46. The van der Waals surface area contributed by atoms with Crippen LogP contribution in [0.15, 0.2) is 0 Å². The third kappa shape index (κ3) is 5.25. The maximum Gasteiger partial charge on any atom is 0.196 e. The van der Waals surface area contributed by atoms with Gasteiger partial charge in [0.2, 0.25) is 0 Å². The van der Waals surface area contributed by atoms with E-state index in [1.807, 2.05) is 0 Å². The van der Waals surface area contributed by atoms with Gasteiger partial charge in [0.05, 0.1) is 0 Å². The monoisotopic (exact) mass is 428 g/mol. The molecule has 0 saturated heterocycles. The van der Waals surface area contributed by atoms with Crippen LogP contribution in [0.1, 0.15) is 6.42 Å². The fourth-order valence-electron chi connectivity index (χ4n) is 1.47. The van der Waals surface area contributed by atoms with Crippen molar-refractivity contribution in [2.75, 3.05) is 24.0 Å². The van der Waals surface area contributed by atoms with E-state index in [1.54, 1.807) is 0 Å². The van der Waals surface area contributed by atoms with Crippen LogP contribution in [0, 0.1) is 0 Å². The molecule has 0 saturated carbocycles. The average molecular weight is 428 g/mol. The Morgan fingerprint density at radius 1 is 0.478 bits per heavy atom. The smallest absolute Gasteiger partial charge is 0.196 e. The molecule has 0 heterocycles. The van der Waals surface area contributed by atoms with Crippen LogP contribution in [0.2, 0.25) is 0 Å². The van der Waals surface area contributed by atoms with E-state index in [2.05, 4.69) is 0 Å². The molecular weight excluding hydrogens is 416 g/mol. The molecule has 0 aliphatic rings. The van der Waals surface area contributed by atoms with Gasteiger partial charge in [0.15, 0.2) is 72.5 Å². The molecule has 140 valence electrons. The van der Waals surface area contributed by atoms with Gasteiger partial charge in [0.25, 0.3) is 0 Å². The summed E-state index contributed by atoms with van der Waals surface area (Å²) in [5, 5.41) is 0. The molecule has 0 unspecified atom stereocenters. The summed E-state index contributed by atoms with van der Waals surface area (Å²) in [6.45, 7) is 0. The van der Waals surface area contributed by atoms with Crippen molar-refractivity contribution in [3.8, 4) is 0 Å². The quantitative estimate of drug-likeness (QED) is 0.421. The molecule has 0 aromatic heterocycles. The Labute approximate surface area is 130 Å². The minimum Gasteiger partial charge on any atom is -0.234 e. The highest BCUT2D eigenvalue weighted by Crippen LogP contribution is 2.26. The second kappa shape index (κ2) is 7.60. The van der Waals surface area contributed by atoms with Gasteiger partial charge in [0, 0.05) is 6.42 Å². The zero-order chi connectivity index (χ0) is 18.7. The summed E-state index contributed by atoms with van der Waals surface area (Å²) in [7, 11) is -21.3. The summed E-state index contributed by atoms with van der Waals surface area (Å²) in [6, 6.07) is -9.52. The minimum atomic E-state index is -5.33. The molecule has 16 heteroatoms. The van der Waals surface area contributed by atoms with Gasteiger partial charge in [-0.3, -0.25) is 0 Å². The molecule has 0 aromatic carbocycles. The highest BCUT2D eigenvalue weighted by molar-refractivity contribution is 8.10. The standard InChI is InChI=1S/C7H12F4O8S4/c8-2-20(12,13)6(21(14,15)3-9)1-7(22(16,17)4-10)23(18,19)5-11/h6-7H,1-5H2. The van der Waals surface area contributed by atoms with Gasteiger partial charge in [-0.2, -0.15) is 0 Å². The maximum atomic E-state index is 12.5. The predicted molar refractivity (Wildman–Crippen MR) is 71.8 cm³/mol. The second-order valence-electron chi connectivity index (χ2n) is 4.18. The summed E-state index contributed by atoms with van der Waals surface area (Å²) >= 11 is 0. The van der Waals surface area contributed by atoms with Gasteiger partial charge >= 0.3 is 0 Å². The van der Waals surface area contributed by atoms with Crippen molar-refractivity contribution < 1.29 is 51.2 Å². The van der Waals surface area contributed by atoms with Crippen molar-refractivity contribution >= 4 is 39.3 Å². The van der Waals surface area contributed by atoms with E-state index in [9.17, 15) is 51.2 Å². The molecular formula is C7H12F4O8S4. The Hall–Kier alpha value is -0.480. The van der Waals surface area contributed by atoms with Crippen molar-refractivity contribution in [3.63, 3.8) is 0 Å². The first-order valence-electron chi connectivity index (χ1n) is 5.32. The van der Waals surface area contributed by atoms with Crippen LogP contribution in [0.25, 0.3) is 0 Å². The largest absolute Gasteiger partial charge is 0.234 e. The first-order chi connectivity index (χ1) is 10.2. The Bertz CT molecular complexity index is 676. The van der Waals surface area contributed by atoms with Crippen molar-refractivity contribution in [1.29, 1.82) is 0 Å². The topological polar surface area (TPSA) is 137 Å². The van der Waals surface area contributed by atoms with Gasteiger partial charge in [0.1, 0.15) is 0 Å². The van der Waals surface area contributed by atoms with E-state index in [0.29, 0.717) is 0 Å². The van der Waals surface area contributed by atoms with Crippen LogP contribution in [0.5, 0.6) is 0 Å². The molecule has 0 bridgehead atoms. The first-order valence-corrected chi connectivity index (χ1v) is 12.2. The zero-order valence-corrected chi connectivity index (χ0v) is 14.4. The van der Waals surface area contributed by atoms with Gasteiger partial charge in [-0.15, -0.1) is 0 Å². The highest BCUT2D eigenvalue weighted by Gasteiger charge is 2.47. The van der Waals surface area contributed by atoms with Crippen LogP contribution in [0.3, 0.4) is 0 Å². The van der Waals surface area contributed by atoms with Crippen LogP contribution in [-0.2, 0) is 39.3 Å². The Morgan fingerprint density at radius 3 is 0.783 bits per heavy atom. The normalized spacial score (nSPS) is 14.5. The van der Waals surface area contributed by atoms with Crippen LogP contribution in [0.4, 0.5) is 17.6 Å². The lowest BCUT2D eigenvalue weighted by molar-refractivity contribution is 0.502. The van der Waals surface area contributed by atoms with Crippen molar-refractivity contribution in [3.05, 3.63) is 0 Å². The first kappa shape index (κ1) is 22.5. The third-order valence-corrected chi connectivity index (χ3v) is 11.3. The van der Waals surface area contributed by atoms with E-state index < -0.39 is 79.0 Å². The van der Waals surface area contributed by atoms with E-state index >= 15 is 0 Å². The molecule has 8 nitrogen and oxygen atoms in total. The molecule has 0 N–H and O–H groups in total.